The minimum Gasteiger partial charge on any atom is -0.290 e. The maximum absolute atomic E-state index is 13.5. The number of amides is 1. The van der Waals surface area contributed by atoms with E-state index >= 15 is 0 Å². The molecule has 0 fully saturated rings. The first-order valence-corrected chi connectivity index (χ1v) is 5.48. The third-order valence-electron chi connectivity index (χ3n) is 2.13. The molecule has 1 heterocycles. The van der Waals surface area contributed by atoms with Crippen LogP contribution in [0, 0.1) is 5.82 Å². The average molecular weight is 299 g/mol. The van der Waals surface area contributed by atoms with E-state index in [1.807, 2.05) is 0 Å². The second-order valence-corrected chi connectivity index (χ2v) is 4.11. The topological polar surface area (TPSA) is 59.8 Å². The molecule has 5 nitrogen and oxygen atoms in total. The lowest BCUT2D eigenvalue weighted by atomic mass is 10.2. The minimum absolute atomic E-state index is 0.0597. The summed E-state index contributed by atoms with van der Waals surface area (Å²) in [7, 11) is 1.62. The van der Waals surface area contributed by atoms with E-state index in [0.717, 1.165) is 0 Å². The first-order chi connectivity index (χ1) is 8.09. The molecule has 0 bridgehead atoms. The van der Waals surface area contributed by atoms with Crippen LogP contribution in [-0.2, 0) is 7.05 Å². The fourth-order valence-electron chi connectivity index (χ4n) is 1.29. The number of carbonyl (C=O) groups excluding carboxylic acids is 1. The van der Waals surface area contributed by atoms with Crippen molar-refractivity contribution in [3.05, 3.63) is 40.4 Å². The molecule has 1 amide bonds. The molecule has 1 aromatic carbocycles. The monoisotopic (exact) mass is 298 g/mol. The fraction of sp³-hybridized carbons (Fsp3) is 0.100. The minimum atomic E-state index is -0.598. The molecular formula is C10H8BrFN4O. The van der Waals surface area contributed by atoms with Gasteiger partial charge in [0, 0.05) is 11.5 Å². The summed E-state index contributed by atoms with van der Waals surface area (Å²) >= 11 is 3.13. The Kier molecular flexibility index (Phi) is 3.19. The molecule has 2 aromatic rings. The molecule has 1 aromatic heterocycles. The second kappa shape index (κ2) is 4.62. The Morgan fingerprint density at radius 2 is 2.29 bits per heavy atom. The van der Waals surface area contributed by atoms with Crippen LogP contribution in [0.4, 0.5) is 10.3 Å². The maximum atomic E-state index is 13.5. The van der Waals surface area contributed by atoms with Gasteiger partial charge in [0.25, 0.3) is 5.91 Å². The number of aromatic nitrogens is 3. The van der Waals surface area contributed by atoms with Crippen molar-refractivity contribution >= 4 is 27.8 Å². The maximum Gasteiger partial charge on any atom is 0.262 e. The van der Waals surface area contributed by atoms with Crippen molar-refractivity contribution in [2.24, 2.45) is 7.05 Å². The molecule has 0 saturated heterocycles. The smallest absolute Gasteiger partial charge is 0.262 e. The van der Waals surface area contributed by atoms with Crippen molar-refractivity contribution in [3.63, 3.8) is 0 Å². The predicted octanol–water partition coefficient (Wildman–Crippen LogP) is 1.97. The van der Waals surface area contributed by atoms with Crippen LogP contribution in [0.1, 0.15) is 10.4 Å². The molecule has 0 radical (unpaired) electrons. The quantitative estimate of drug-likeness (QED) is 0.922. The van der Waals surface area contributed by atoms with Crippen LogP contribution in [-0.4, -0.2) is 20.7 Å². The van der Waals surface area contributed by atoms with Crippen LogP contribution >= 0.6 is 15.9 Å². The van der Waals surface area contributed by atoms with Gasteiger partial charge in [-0.2, -0.15) is 10.1 Å². The van der Waals surface area contributed by atoms with E-state index in [-0.39, 0.29) is 11.5 Å². The molecule has 0 spiro atoms. The Morgan fingerprint density at radius 1 is 1.53 bits per heavy atom. The Morgan fingerprint density at radius 3 is 2.88 bits per heavy atom. The highest BCUT2D eigenvalue weighted by Gasteiger charge is 2.16. The van der Waals surface area contributed by atoms with Crippen LogP contribution in [0.15, 0.2) is 29.0 Å². The lowest BCUT2D eigenvalue weighted by Crippen LogP contribution is -2.17. The highest BCUT2D eigenvalue weighted by atomic mass is 79.9. The Labute approximate surface area is 105 Å². The molecule has 0 aliphatic rings. The summed E-state index contributed by atoms with van der Waals surface area (Å²) in [5.74, 6) is -0.921. The van der Waals surface area contributed by atoms with Gasteiger partial charge in [0.2, 0.25) is 5.95 Å². The van der Waals surface area contributed by atoms with E-state index in [4.69, 9.17) is 0 Å². The second-order valence-electron chi connectivity index (χ2n) is 3.26. The number of carbonyl (C=O) groups is 1. The van der Waals surface area contributed by atoms with Crippen molar-refractivity contribution in [2.45, 2.75) is 0 Å². The lowest BCUT2D eigenvalue weighted by Gasteiger charge is -2.06. The largest absolute Gasteiger partial charge is 0.290 e. The molecule has 1 N–H and O–H groups in total. The summed E-state index contributed by atoms with van der Waals surface area (Å²) in [6, 6.07) is 4.32. The molecular weight excluding hydrogens is 291 g/mol. The Hall–Kier alpha value is -1.76. The van der Waals surface area contributed by atoms with Gasteiger partial charge in [0.15, 0.2) is 0 Å². The first kappa shape index (κ1) is 11.7. The summed E-state index contributed by atoms with van der Waals surface area (Å²) < 4.78 is 15.3. The van der Waals surface area contributed by atoms with Gasteiger partial charge >= 0.3 is 0 Å². The van der Waals surface area contributed by atoms with E-state index < -0.39 is 11.7 Å². The number of aryl methyl sites for hydroxylation is 1. The molecule has 0 unspecified atom stereocenters. The number of halogens is 2. The fourth-order valence-corrected chi connectivity index (χ4v) is 1.81. The molecule has 2 rings (SSSR count). The third-order valence-corrected chi connectivity index (χ3v) is 2.79. The predicted molar refractivity (Wildman–Crippen MR) is 63.1 cm³/mol. The molecule has 88 valence electrons. The van der Waals surface area contributed by atoms with E-state index in [1.165, 1.54) is 23.1 Å². The summed E-state index contributed by atoms with van der Waals surface area (Å²) in [5.41, 5.74) is -0.0597. The van der Waals surface area contributed by atoms with Crippen molar-refractivity contribution in [1.82, 2.24) is 14.8 Å². The van der Waals surface area contributed by atoms with Crippen molar-refractivity contribution in [2.75, 3.05) is 5.32 Å². The standard InChI is InChI=1S/C10H8BrFN4O/c1-16-10(13-5-14-16)15-9(17)8-6(11)3-2-4-7(8)12/h2-5H,1H3,(H,13,14,15,17). The van der Waals surface area contributed by atoms with Gasteiger partial charge in [-0.15, -0.1) is 0 Å². The van der Waals surface area contributed by atoms with Gasteiger partial charge in [0.1, 0.15) is 12.1 Å². The highest BCUT2D eigenvalue weighted by Crippen LogP contribution is 2.20. The normalized spacial score (nSPS) is 10.3. The molecule has 0 aliphatic carbocycles. The molecule has 17 heavy (non-hydrogen) atoms. The Balaban J connectivity index is 2.30. The van der Waals surface area contributed by atoms with Crippen molar-refractivity contribution in [3.8, 4) is 0 Å². The number of benzene rings is 1. The zero-order chi connectivity index (χ0) is 12.4. The highest BCUT2D eigenvalue weighted by molar-refractivity contribution is 9.10. The van der Waals surface area contributed by atoms with Gasteiger partial charge in [-0.3, -0.25) is 10.1 Å². The molecule has 0 saturated carbocycles. The number of hydrogen-bond acceptors (Lipinski definition) is 3. The van der Waals surface area contributed by atoms with E-state index in [0.29, 0.717) is 4.47 Å². The number of nitrogens with one attached hydrogen (secondary N) is 1. The molecule has 0 atom stereocenters. The summed E-state index contributed by atoms with van der Waals surface area (Å²) in [6.45, 7) is 0. The number of rotatable bonds is 2. The van der Waals surface area contributed by atoms with Gasteiger partial charge in [0.05, 0.1) is 5.56 Å². The summed E-state index contributed by atoms with van der Waals surface area (Å²) in [6.07, 6.45) is 1.30. The zero-order valence-corrected chi connectivity index (χ0v) is 10.4. The third kappa shape index (κ3) is 2.33. The van der Waals surface area contributed by atoms with Gasteiger partial charge in [-0.25, -0.2) is 9.07 Å². The van der Waals surface area contributed by atoms with E-state index in [9.17, 15) is 9.18 Å². The number of nitrogens with zero attached hydrogens (tertiary/aromatic N) is 3. The Bertz CT molecular complexity index is 549. The van der Waals surface area contributed by atoms with Gasteiger partial charge in [-0.1, -0.05) is 6.07 Å². The van der Waals surface area contributed by atoms with Crippen molar-refractivity contribution < 1.29 is 9.18 Å². The van der Waals surface area contributed by atoms with Crippen LogP contribution in [0.5, 0.6) is 0 Å². The first-order valence-electron chi connectivity index (χ1n) is 4.69. The van der Waals surface area contributed by atoms with Gasteiger partial charge in [-0.05, 0) is 28.1 Å². The lowest BCUT2D eigenvalue weighted by molar-refractivity contribution is 0.102. The summed E-state index contributed by atoms with van der Waals surface area (Å²) in [5, 5.41) is 6.26. The zero-order valence-electron chi connectivity index (χ0n) is 8.82. The van der Waals surface area contributed by atoms with Crippen LogP contribution in [0.25, 0.3) is 0 Å². The molecule has 0 aliphatic heterocycles. The SMILES string of the molecule is Cn1ncnc1NC(=O)c1c(F)cccc1Br. The summed E-state index contributed by atoms with van der Waals surface area (Å²) in [4.78, 5) is 15.7. The van der Waals surface area contributed by atoms with Crippen LogP contribution in [0.3, 0.4) is 0 Å². The van der Waals surface area contributed by atoms with Crippen LogP contribution in [0.2, 0.25) is 0 Å². The number of hydrogen-bond donors (Lipinski definition) is 1. The van der Waals surface area contributed by atoms with Gasteiger partial charge < -0.3 is 0 Å². The average Bonchev–Trinajstić information content (AvgIpc) is 2.64. The number of anilines is 1. The van der Waals surface area contributed by atoms with E-state index in [1.54, 1.807) is 13.1 Å². The van der Waals surface area contributed by atoms with Crippen molar-refractivity contribution in [1.29, 1.82) is 0 Å². The molecule has 7 heteroatoms. The van der Waals surface area contributed by atoms with Crippen LogP contribution < -0.4 is 5.32 Å². The van der Waals surface area contributed by atoms with E-state index in [2.05, 4.69) is 31.3 Å².